The van der Waals surface area contributed by atoms with Gasteiger partial charge in [-0.3, -0.25) is 0 Å². The molecular formula is C11H14N2O6. The minimum absolute atomic E-state index is 0.558. The number of nitrogens with one attached hydrogen (secondary N) is 1. The first-order valence-corrected chi connectivity index (χ1v) is 5.40. The van der Waals surface area contributed by atoms with E-state index in [0.29, 0.717) is 18.0 Å². The predicted octanol–water partition coefficient (Wildman–Crippen LogP) is 0.0407. The molecule has 0 bridgehead atoms. The molecule has 2 rings (SSSR count). The maximum atomic E-state index is 9.55. The van der Waals surface area contributed by atoms with Gasteiger partial charge in [0.25, 0.3) is 5.88 Å². The summed E-state index contributed by atoms with van der Waals surface area (Å²) in [4.78, 5) is 19.1. The second-order valence-electron chi connectivity index (χ2n) is 3.53. The molecule has 0 amide bonds. The molecule has 104 valence electrons. The maximum absolute atomic E-state index is 9.55. The van der Waals surface area contributed by atoms with Crippen LogP contribution in [-0.4, -0.2) is 41.0 Å². The van der Waals surface area contributed by atoms with Gasteiger partial charge in [-0.2, -0.15) is 0 Å². The van der Waals surface area contributed by atoms with Crippen LogP contribution in [0.15, 0.2) is 16.7 Å². The smallest absolute Gasteiger partial charge is 0.328 e. The quantitative estimate of drug-likeness (QED) is 0.658. The van der Waals surface area contributed by atoms with E-state index in [4.69, 9.17) is 19.5 Å². The van der Waals surface area contributed by atoms with Crippen LogP contribution >= 0.6 is 0 Å². The second kappa shape index (κ2) is 7.17. The van der Waals surface area contributed by atoms with Crippen LogP contribution in [0.2, 0.25) is 0 Å². The summed E-state index contributed by atoms with van der Waals surface area (Å²) in [5.41, 5.74) is 1.07. The summed E-state index contributed by atoms with van der Waals surface area (Å²) in [5, 5.41) is 22.6. The normalized spacial score (nSPS) is 13.3. The lowest BCUT2D eigenvalue weighted by atomic mass is 10.1. The summed E-state index contributed by atoms with van der Waals surface area (Å²) in [5.74, 6) is -0.937. The number of aromatic nitrogens is 1. The van der Waals surface area contributed by atoms with E-state index in [1.807, 2.05) is 0 Å². The van der Waals surface area contributed by atoms with E-state index in [0.717, 1.165) is 30.8 Å². The number of aliphatic carboxylic acids is 2. The molecule has 0 unspecified atom stereocenters. The zero-order valence-corrected chi connectivity index (χ0v) is 10.3. The number of nitrogens with zero attached hydrogens (tertiary/aromatic N) is 1. The summed E-state index contributed by atoms with van der Waals surface area (Å²) in [6, 6.07) is 0. The lowest BCUT2D eigenvalue weighted by Gasteiger charge is -2.09. The van der Waals surface area contributed by atoms with E-state index in [9.17, 15) is 9.59 Å². The Labute approximate surface area is 108 Å². The van der Waals surface area contributed by atoms with Gasteiger partial charge < -0.3 is 24.8 Å². The summed E-state index contributed by atoms with van der Waals surface area (Å²) in [6.45, 7) is 1.77. The molecular weight excluding hydrogens is 256 g/mol. The number of ether oxygens (including phenoxy) is 1. The fourth-order valence-electron chi connectivity index (χ4n) is 1.42. The Balaban J connectivity index is 0.000000203. The van der Waals surface area contributed by atoms with Crippen LogP contribution < -0.4 is 10.1 Å². The summed E-state index contributed by atoms with van der Waals surface area (Å²) in [7, 11) is 1.60. The molecule has 3 N–H and O–H groups in total. The third-order valence-electron chi connectivity index (χ3n) is 2.23. The molecule has 1 aliphatic rings. The molecule has 0 saturated heterocycles. The van der Waals surface area contributed by atoms with Gasteiger partial charge in [0, 0.05) is 31.7 Å². The highest BCUT2D eigenvalue weighted by Gasteiger charge is 2.18. The third-order valence-corrected chi connectivity index (χ3v) is 2.23. The standard InChI is InChI=1S/C7H10N2O2.C4H4O4/c1-10-7-5-4-8-3-2-6(5)11-9-7;5-3(6)1-2-4(7)8/h8H,2-4H2,1H3;1-2H,(H,5,6)(H,7,8)/b;2-1+. The molecule has 0 spiro atoms. The number of methoxy groups -OCH3 is 1. The Hall–Kier alpha value is -2.35. The monoisotopic (exact) mass is 270 g/mol. The van der Waals surface area contributed by atoms with Crippen molar-refractivity contribution in [3.63, 3.8) is 0 Å². The average Bonchev–Trinajstić information content (AvgIpc) is 2.80. The first kappa shape index (κ1) is 14.7. The highest BCUT2D eigenvalue weighted by Crippen LogP contribution is 2.23. The highest BCUT2D eigenvalue weighted by atomic mass is 16.5. The van der Waals surface area contributed by atoms with E-state index in [-0.39, 0.29) is 0 Å². The van der Waals surface area contributed by atoms with Crippen LogP contribution in [0.3, 0.4) is 0 Å². The molecule has 19 heavy (non-hydrogen) atoms. The minimum atomic E-state index is -1.26. The van der Waals surface area contributed by atoms with Gasteiger partial charge in [-0.1, -0.05) is 0 Å². The van der Waals surface area contributed by atoms with Crippen LogP contribution in [0.25, 0.3) is 0 Å². The van der Waals surface area contributed by atoms with Gasteiger partial charge in [-0.25, -0.2) is 9.59 Å². The van der Waals surface area contributed by atoms with Crippen molar-refractivity contribution < 1.29 is 29.1 Å². The number of fused-ring (bicyclic) bond motifs is 1. The van der Waals surface area contributed by atoms with Gasteiger partial charge >= 0.3 is 11.9 Å². The topological polar surface area (TPSA) is 122 Å². The number of hydrogen-bond acceptors (Lipinski definition) is 6. The molecule has 0 radical (unpaired) electrons. The van der Waals surface area contributed by atoms with Crippen molar-refractivity contribution in [1.29, 1.82) is 0 Å². The molecule has 0 saturated carbocycles. The Bertz CT molecular complexity index is 450. The van der Waals surface area contributed by atoms with Gasteiger partial charge in [0.2, 0.25) is 0 Å². The van der Waals surface area contributed by atoms with Crippen LogP contribution in [0, 0.1) is 0 Å². The van der Waals surface area contributed by atoms with Crippen LogP contribution in [-0.2, 0) is 22.6 Å². The van der Waals surface area contributed by atoms with Crippen LogP contribution in [0.1, 0.15) is 11.3 Å². The molecule has 2 heterocycles. The molecule has 1 aromatic heterocycles. The molecule has 0 aromatic carbocycles. The number of carbonyl (C=O) groups is 2. The van der Waals surface area contributed by atoms with Gasteiger partial charge in [0.1, 0.15) is 5.76 Å². The Kier molecular flexibility index (Phi) is 5.55. The molecule has 1 aromatic rings. The summed E-state index contributed by atoms with van der Waals surface area (Å²) >= 11 is 0. The van der Waals surface area contributed by atoms with Crippen LogP contribution in [0.5, 0.6) is 5.88 Å². The highest BCUT2D eigenvalue weighted by molar-refractivity contribution is 5.89. The van der Waals surface area contributed by atoms with Gasteiger partial charge in [-0.15, -0.1) is 0 Å². The number of carboxylic acids is 2. The first-order valence-electron chi connectivity index (χ1n) is 5.40. The Morgan fingerprint density at radius 3 is 2.53 bits per heavy atom. The maximum Gasteiger partial charge on any atom is 0.328 e. The predicted molar refractivity (Wildman–Crippen MR) is 62.9 cm³/mol. The third kappa shape index (κ3) is 4.80. The first-order chi connectivity index (χ1) is 9.04. The fraction of sp³-hybridized carbons (Fsp3) is 0.364. The van der Waals surface area contributed by atoms with Crippen molar-refractivity contribution in [3.8, 4) is 5.88 Å². The SMILES string of the molecule is COc1noc2c1CNCC2.O=C(O)/C=C/C(=O)O. The molecule has 1 aliphatic heterocycles. The van der Waals surface area contributed by atoms with Gasteiger partial charge in [0.05, 0.1) is 12.7 Å². The number of rotatable bonds is 3. The minimum Gasteiger partial charge on any atom is -0.479 e. The van der Waals surface area contributed by atoms with E-state index in [2.05, 4.69) is 10.5 Å². The second-order valence-corrected chi connectivity index (χ2v) is 3.53. The van der Waals surface area contributed by atoms with Crippen molar-refractivity contribution in [2.45, 2.75) is 13.0 Å². The summed E-state index contributed by atoms with van der Waals surface area (Å²) < 4.78 is 10.1. The number of hydrogen-bond donors (Lipinski definition) is 3. The van der Waals surface area contributed by atoms with Crippen molar-refractivity contribution in [2.75, 3.05) is 13.7 Å². The molecule has 8 heteroatoms. The Morgan fingerprint density at radius 2 is 2.00 bits per heavy atom. The zero-order valence-electron chi connectivity index (χ0n) is 10.3. The van der Waals surface area contributed by atoms with E-state index in [1.165, 1.54) is 0 Å². The van der Waals surface area contributed by atoms with Gasteiger partial charge in [-0.05, 0) is 5.16 Å². The van der Waals surface area contributed by atoms with Crippen molar-refractivity contribution >= 4 is 11.9 Å². The molecule has 0 fully saturated rings. The molecule has 0 atom stereocenters. The largest absolute Gasteiger partial charge is 0.479 e. The summed E-state index contributed by atoms with van der Waals surface area (Å²) in [6.07, 6.45) is 2.02. The lowest BCUT2D eigenvalue weighted by molar-refractivity contribution is -0.134. The zero-order chi connectivity index (χ0) is 14.3. The average molecular weight is 270 g/mol. The van der Waals surface area contributed by atoms with Crippen LogP contribution in [0.4, 0.5) is 0 Å². The van der Waals surface area contributed by atoms with E-state index < -0.39 is 11.9 Å². The van der Waals surface area contributed by atoms with Crippen molar-refractivity contribution in [1.82, 2.24) is 10.5 Å². The Morgan fingerprint density at radius 1 is 1.37 bits per heavy atom. The molecule has 8 nitrogen and oxygen atoms in total. The van der Waals surface area contributed by atoms with E-state index >= 15 is 0 Å². The lowest BCUT2D eigenvalue weighted by Crippen LogP contribution is -2.22. The van der Waals surface area contributed by atoms with Crippen molar-refractivity contribution in [3.05, 3.63) is 23.5 Å². The van der Waals surface area contributed by atoms with Gasteiger partial charge in [0.15, 0.2) is 0 Å². The van der Waals surface area contributed by atoms with E-state index in [1.54, 1.807) is 7.11 Å². The number of carboxylic acid groups (broad SMARTS) is 2. The van der Waals surface area contributed by atoms with Crippen molar-refractivity contribution in [2.24, 2.45) is 0 Å². The fourth-order valence-corrected chi connectivity index (χ4v) is 1.42. The molecule has 0 aliphatic carbocycles.